The standard InChI is InChI=1S/C16H12O3/c17-13-7-5-11(6-8-13)9-12-10-19-15-4-2-1-3-14(15)16(12)18/h1-8,10,17H,9H2. The molecule has 0 aliphatic rings. The van der Waals surface area contributed by atoms with Gasteiger partial charge in [-0.3, -0.25) is 4.79 Å². The van der Waals surface area contributed by atoms with Crippen molar-refractivity contribution in [2.24, 2.45) is 0 Å². The molecule has 1 heterocycles. The third-order valence-electron chi connectivity index (χ3n) is 3.08. The van der Waals surface area contributed by atoms with Crippen LogP contribution in [0, 0.1) is 0 Å². The third kappa shape index (κ3) is 2.22. The lowest BCUT2D eigenvalue weighted by Gasteiger charge is -2.03. The summed E-state index contributed by atoms with van der Waals surface area (Å²) in [6.45, 7) is 0. The van der Waals surface area contributed by atoms with Gasteiger partial charge < -0.3 is 9.52 Å². The van der Waals surface area contributed by atoms with E-state index in [0.29, 0.717) is 23.0 Å². The maximum Gasteiger partial charge on any atom is 0.196 e. The fourth-order valence-corrected chi connectivity index (χ4v) is 2.07. The van der Waals surface area contributed by atoms with Crippen molar-refractivity contribution in [3.8, 4) is 5.75 Å². The molecular weight excluding hydrogens is 240 g/mol. The van der Waals surface area contributed by atoms with E-state index >= 15 is 0 Å². The highest BCUT2D eigenvalue weighted by Crippen LogP contribution is 2.15. The molecule has 0 atom stereocenters. The zero-order valence-corrected chi connectivity index (χ0v) is 10.2. The topological polar surface area (TPSA) is 50.4 Å². The summed E-state index contributed by atoms with van der Waals surface area (Å²) < 4.78 is 5.47. The molecule has 3 aromatic rings. The van der Waals surface area contributed by atoms with Crippen molar-refractivity contribution >= 4 is 11.0 Å². The Balaban J connectivity index is 2.04. The van der Waals surface area contributed by atoms with Gasteiger partial charge in [-0.15, -0.1) is 0 Å². The average Bonchev–Trinajstić information content (AvgIpc) is 2.45. The van der Waals surface area contributed by atoms with Gasteiger partial charge >= 0.3 is 0 Å². The summed E-state index contributed by atoms with van der Waals surface area (Å²) in [5, 5.41) is 9.83. The van der Waals surface area contributed by atoms with Gasteiger partial charge in [-0.1, -0.05) is 24.3 Å². The molecule has 0 unspecified atom stereocenters. The van der Waals surface area contributed by atoms with Crippen LogP contribution in [0.25, 0.3) is 11.0 Å². The van der Waals surface area contributed by atoms with Crippen LogP contribution in [0.3, 0.4) is 0 Å². The molecule has 0 fully saturated rings. The van der Waals surface area contributed by atoms with Crippen LogP contribution < -0.4 is 5.43 Å². The lowest BCUT2D eigenvalue weighted by molar-refractivity contribution is 0.475. The monoisotopic (exact) mass is 252 g/mol. The lowest BCUT2D eigenvalue weighted by atomic mass is 10.0. The van der Waals surface area contributed by atoms with Crippen molar-refractivity contribution in [2.75, 3.05) is 0 Å². The second-order valence-electron chi connectivity index (χ2n) is 4.43. The Labute approximate surface area is 109 Å². The molecule has 3 nitrogen and oxygen atoms in total. The minimum absolute atomic E-state index is 0.00470. The number of phenolic OH excluding ortho intramolecular Hbond substituents is 1. The number of rotatable bonds is 2. The number of fused-ring (bicyclic) bond motifs is 1. The van der Waals surface area contributed by atoms with Crippen LogP contribution in [0.4, 0.5) is 0 Å². The van der Waals surface area contributed by atoms with E-state index in [2.05, 4.69) is 0 Å². The van der Waals surface area contributed by atoms with Gasteiger partial charge in [0.25, 0.3) is 0 Å². The molecule has 1 aromatic heterocycles. The van der Waals surface area contributed by atoms with Gasteiger partial charge in [-0.2, -0.15) is 0 Å². The fourth-order valence-electron chi connectivity index (χ4n) is 2.07. The van der Waals surface area contributed by atoms with Gasteiger partial charge in [0, 0.05) is 12.0 Å². The molecule has 2 aromatic carbocycles. The number of hydrogen-bond donors (Lipinski definition) is 1. The second-order valence-corrected chi connectivity index (χ2v) is 4.43. The van der Waals surface area contributed by atoms with E-state index in [1.54, 1.807) is 36.4 Å². The first-order chi connectivity index (χ1) is 9.24. The molecule has 0 aliphatic carbocycles. The summed E-state index contributed by atoms with van der Waals surface area (Å²) in [6, 6.07) is 14.0. The quantitative estimate of drug-likeness (QED) is 0.762. The van der Waals surface area contributed by atoms with Crippen molar-refractivity contribution in [1.82, 2.24) is 0 Å². The van der Waals surface area contributed by atoms with E-state index in [-0.39, 0.29) is 11.2 Å². The maximum absolute atomic E-state index is 12.3. The molecule has 0 spiro atoms. The molecule has 0 amide bonds. The Hall–Kier alpha value is -2.55. The Morgan fingerprint density at radius 1 is 1.00 bits per heavy atom. The Morgan fingerprint density at radius 3 is 2.53 bits per heavy atom. The molecule has 94 valence electrons. The molecule has 0 radical (unpaired) electrons. The first-order valence-electron chi connectivity index (χ1n) is 6.01. The summed E-state index contributed by atoms with van der Waals surface area (Å²) in [5.41, 5.74) is 2.17. The van der Waals surface area contributed by atoms with E-state index in [4.69, 9.17) is 4.42 Å². The number of para-hydroxylation sites is 1. The van der Waals surface area contributed by atoms with E-state index < -0.39 is 0 Å². The SMILES string of the molecule is O=c1c(Cc2ccc(O)cc2)coc2ccccc12. The Kier molecular flexibility index (Phi) is 2.80. The van der Waals surface area contributed by atoms with E-state index in [0.717, 1.165) is 5.56 Å². The number of benzene rings is 2. The van der Waals surface area contributed by atoms with Crippen LogP contribution >= 0.6 is 0 Å². The van der Waals surface area contributed by atoms with E-state index in [9.17, 15) is 9.90 Å². The van der Waals surface area contributed by atoms with Gasteiger partial charge in [-0.05, 0) is 29.8 Å². The van der Waals surface area contributed by atoms with Crippen LogP contribution in [-0.4, -0.2) is 5.11 Å². The molecule has 0 bridgehead atoms. The highest BCUT2D eigenvalue weighted by Gasteiger charge is 2.07. The molecule has 3 heteroatoms. The Morgan fingerprint density at radius 2 is 1.74 bits per heavy atom. The summed E-state index contributed by atoms with van der Waals surface area (Å²) in [7, 11) is 0. The minimum Gasteiger partial charge on any atom is -0.508 e. The largest absolute Gasteiger partial charge is 0.508 e. The smallest absolute Gasteiger partial charge is 0.196 e. The minimum atomic E-state index is -0.00470. The number of hydrogen-bond acceptors (Lipinski definition) is 3. The predicted octanol–water partition coefficient (Wildman–Crippen LogP) is 3.09. The van der Waals surface area contributed by atoms with Crippen LogP contribution in [0.1, 0.15) is 11.1 Å². The maximum atomic E-state index is 12.3. The van der Waals surface area contributed by atoms with Crippen LogP contribution in [0.5, 0.6) is 5.75 Å². The van der Waals surface area contributed by atoms with Gasteiger partial charge in [0.05, 0.1) is 11.6 Å². The van der Waals surface area contributed by atoms with Crippen molar-refractivity contribution in [1.29, 1.82) is 0 Å². The molecule has 19 heavy (non-hydrogen) atoms. The normalized spacial score (nSPS) is 10.7. The number of phenols is 1. The molecule has 0 saturated carbocycles. The molecule has 0 aliphatic heterocycles. The highest BCUT2D eigenvalue weighted by molar-refractivity contribution is 5.76. The third-order valence-corrected chi connectivity index (χ3v) is 3.08. The molecule has 3 rings (SSSR count). The van der Waals surface area contributed by atoms with Gasteiger partial charge in [-0.25, -0.2) is 0 Å². The highest BCUT2D eigenvalue weighted by atomic mass is 16.3. The number of aromatic hydroxyl groups is 1. The molecule has 0 saturated heterocycles. The van der Waals surface area contributed by atoms with Gasteiger partial charge in [0.2, 0.25) is 0 Å². The van der Waals surface area contributed by atoms with Crippen LogP contribution in [0.15, 0.2) is 64.0 Å². The van der Waals surface area contributed by atoms with Crippen molar-refractivity contribution in [3.63, 3.8) is 0 Å². The van der Waals surface area contributed by atoms with Gasteiger partial charge in [0.15, 0.2) is 5.43 Å². The summed E-state index contributed by atoms with van der Waals surface area (Å²) >= 11 is 0. The van der Waals surface area contributed by atoms with Crippen LogP contribution in [-0.2, 0) is 6.42 Å². The lowest BCUT2D eigenvalue weighted by Crippen LogP contribution is -2.08. The predicted molar refractivity (Wildman–Crippen MR) is 73.4 cm³/mol. The molecule has 1 N–H and O–H groups in total. The summed E-state index contributed by atoms with van der Waals surface area (Å²) in [4.78, 5) is 12.3. The van der Waals surface area contributed by atoms with Gasteiger partial charge in [0.1, 0.15) is 11.3 Å². The van der Waals surface area contributed by atoms with E-state index in [1.807, 2.05) is 12.1 Å². The average molecular weight is 252 g/mol. The molecular formula is C16H12O3. The Bertz CT molecular complexity index is 770. The van der Waals surface area contributed by atoms with Crippen LogP contribution in [0.2, 0.25) is 0 Å². The summed E-state index contributed by atoms with van der Waals surface area (Å²) in [6.07, 6.45) is 2.00. The van der Waals surface area contributed by atoms with Crippen molar-refractivity contribution in [2.45, 2.75) is 6.42 Å². The summed E-state index contributed by atoms with van der Waals surface area (Å²) in [5.74, 6) is 0.217. The zero-order valence-electron chi connectivity index (χ0n) is 10.2. The first kappa shape index (κ1) is 11.5. The van der Waals surface area contributed by atoms with Crippen molar-refractivity contribution in [3.05, 3.63) is 76.1 Å². The zero-order chi connectivity index (χ0) is 13.2. The first-order valence-corrected chi connectivity index (χ1v) is 6.01. The second kappa shape index (κ2) is 4.61. The fraction of sp³-hybridized carbons (Fsp3) is 0.0625. The van der Waals surface area contributed by atoms with E-state index in [1.165, 1.54) is 6.26 Å². The van der Waals surface area contributed by atoms with Crippen molar-refractivity contribution < 1.29 is 9.52 Å².